The van der Waals surface area contributed by atoms with Crippen LogP contribution in [-0.4, -0.2) is 35.4 Å². The Balaban J connectivity index is 1.51. The van der Waals surface area contributed by atoms with Gasteiger partial charge in [-0.15, -0.1) is 0 Å². The third kappa shape index (κ3) is 3.21. The molecule has 130 valence electrons. The molecular formula is C20H29N3O. The highest BCUT2D eigenvalue weighted by Crippen LogP contribution is 2.35. The largest absolute Gasteiger partial charge is 0.324 e. The third-order valence-corrected chi connectivity index (χ3v) is 6.01. The molecule has 1 aliphatic heterocycles. The molecule has 0 radical (unpaired) electrons. The van der Waals surface area contributed by atoms with E-state index in [0.29, 0.717) is 6.54 Å². The lowest BCUT2D eigenvalue weighted by atomic mass is 9.92. The van der Waals surface area contributed by atoms with E-state index in [-0.39, 0.29) is 5.91 Å². The second kappa shape index (κ2) is 6.83. The zero-order valence-corrected chi connectivity index (χ0v) is 14.9. The molecular weight excluding hydrogens is 298 g/mol. The molecule has 0 aromatic carbocycles. The predicted molar refractivity (Wildman–Crippen MR) is 96.4 cm³/mol. The average Bonchev–Trinajstić information content (AvgIpc) is 3.05. The molecule has 1 aromatic heterocycles. The van der Waals surface area contributed by atoms with Crippen LogP contribution >= 0.6 is 0 Å². The van der Waals surface area contributed by atoms with Gasteiger partial charge in [-0.25, -0.2) is 0 Å². The van der Waals surface area contributed by atoms with Crippen molar-refractivity contribution in [1.82, 2.24) is 9.88 Å². The number of nitrogens with zero attached hydrogens (tertiary/aromatic N) is 2. The molecule has 0 spiro atoms. The first-order valence-electron chi connectivity index (χ1n) is 9.76. The Morgan fingerprint density at radius 2 is 1.67 bits per heavy atom. The van der Waals surface area contributed by atoms with Gasteiger partial charge in [-0.05, 0) is 87.9 Å². The second-order valence-corrected chi connectivity index (χ2v) is 7.90. The number of nitrogens with one attached hydrogen (secondary N) is 1. The number of anilines is 1. The molecule has 0 saturated carbocycles. The van der Waals surface area contributed by atoms with E-state index in [9.17, 15) is 4.79 Å². The van der Waals surface area contributed by atoms with Crippen molar-refractivity contribution in [3.8, 4) is 0 Å². The van der Waals surface area contributed by atoms with E-state index < -0.39 is 0 Å². The topological polar surface area (TPSA) is 45.2 Å². The molecule has 4 heteroatoms. The van der Waals surface area contributed by atoms with E-state index in [2.05, 4.69) is 17.1 Å². The number of aryl methyl sites for hydroxylation is 2. The van der Waals surface area contributed by atoms with Gasteiger partial charge in [-0.1, -0.05) is 6.92 Å². The van der Waals surface area contributed by atoms with Crippen LogP contribution in [0.4, 0.5) is 5.69 Å². The Kier molecular flexibility index (Phi) is 4.57. The van der Waals surface area contributed by atoms with Gasteiger partial charge in [0.15, 0.2) is 0 Å². The monoisotopic (exact) mass is 327 g/mol. The number of hydrogen-bond donors (Lipinski definition) is 1. The standard InChI is InChI=1S/C20H29N3O/c1-14-9-11-23(12-10-14)13-19(24)22-20-15-5-2-3-7-17(15)21-18-8-4-6-16(18)20/h14H,2-13H2,1H3,(H,21,22,24). The highest BCUT2D eigenvalue weighted by molar-refractivity contribution is 5.94. The van der Waals surface area contributed by atoms with E-state index in [0.717, 1.165) is 50.4 Å². The number of fused-ring (bicyclic) bond motifs is 2. The molecule has 1 saturated heterocycles. The Hall–Kier alpha value is -1.42. The Bertz CT molecular complexity index is 632. The first-order chi connectivity index (χ1) is 11.7. The van der Waals surface area contributed by atoms with Crippen LogP contribution in [-0.2, 0) is 30.5 Å². The van der Waals surface area contributed by atoms with Crippen LogP contribution in [0.3, 0.4) is 0 Å². The van der Waals surface area contributed by atoms with E-state index in [1.807, 2.05) is 0 Å². The van der Waals surface area contributed by atoms with Crippen LogP contribution in [0.2, 0.25) is 0 Å². The van der Waals surface area contributed by atoms with Crippen LogP contribution in [0.25, 0.3) is 0 Å². The number of hydrogen-bond acceptors (Lipinski definition) is 3. The number of carbonyl (C=O) groups is 1. The summed E-state index contributed by atoms with van der Waals surface area (Å²) in [4.78, 5) is 19.9. The van der Waals surface area contributed by atoms with Crippen LogP contribution in [0, 0.1) is 5.92 Å². The number of pyridine rings is 1. The maximum absolute atomic E-state index is 12.7. The lowest BCUT2D eigenvalue weighted by Gasteiger charge is -2.30. The van der Waals surface area contributed by atoms with Gasteiger partial charge < -0.3 is 5.32 Å². The second-order valence-electron chi connectivity index (χ2n) is 7.90. The Morgan fingerprint density at radius 1 is 1.04 bits per heavy atom. The predicted octanol–water partition coefficient (Wildman–Crippen LogP) is 3.12. The molecule has 2 heterocycles. The summed E-state index contributed by atoms with van der Waals surface area (Å²) in [6.45, 7) is 4.96. The van der Waals surface area contributed by atoms with Crippen molar-refractivity contribution in [3.05, 3.63) is 22.5 Å². The van der Waals surface area contributed by atoms with Crippen molar-refractivity contribution in [1.29, 1.82) is 0 Å². The molecule has 1 aromatic rings. The number of likely N-dealkylation sites (tertiary alicyclic amines) is 1. The molecule has 0 bridgehead atoms. The number of aromatic nitrogens is 1. The van der Waals surface area contributed by atoms with Gasteiger partial charge >= 0.3 is 0 Å². The molecule has 3 aliphatic rings. The summed E-state index contributed by atoms with van der Waals surface area (Å²) in [5.74, 6) is 0.970. The van der Waals surface area contributed by atoms with Gasteiger partial charge in [0.2, 0.25) is 5.91 Å². The highest BCUT2D eigenvalue weighted by atomic mass is 16.2. The first kappa shape index (κ1) is 16.1. The van der Waals surface area contributed by atoms with Crippen molar-refractivity contribution >= 4 is 11.6 Å². The van der Waals surface area contributed by atoms with E-state index in [4.69, 9.17) is 4.98 Å². The van der Waals surface area contributed by atoms with Crippen molar-refractivity contribution in [2.24, 2.45) is 5.92 Å². The van der Waals surface area contributed by atoms with Crippen molar-refractivity contribution in [2.75, 3.05) is 25.0 Å². The molecule has 0 atom stereocenters. The van der Waals surface area contributed by atoms with Gasteiger partial charge in [0.1, 0.15) is 0 Å². The highest BCUT2D eigenvalue weighted by Gasteiger charge is 2.26. The summed E-state index contributed by atoms with van der Waals surface area (Å²) in [6, 6.07) is 0. The third-order valence-electron chi connectivity index (χ3n) is 6.01. The summed E-state index contributed by atoms with van der Waals surface area (Å²) in [5, 5.41) is 3.31. The number of rotatable bonds is 3. The van der Waals surface area contributed by atoms with E-state index >= 15 is 0 Å². The summed E-state index contributed by atoms with van der Waals surface area (Å²) in [6.07, 6.45) is 10.4. The lowest BCUT2D eigenvalue weighted by molar-refractivity contribution is -0.117. The molecule has 2 aliphatic carbocycles. The van der Waals surface area contributed by atoms with Crippen molar-refractivity contribution < 1.29 is 4.79 Å². The van der Waals surface area contributed by atoms with Gasteiger partial charge in [0.05, 0.1) is 12.2 Å². The number of carbonyl (C=O) groups excluding carboxylic acids is 1. The minimum absolute atomic E-state index is 0.164. The normalized spacial score (nSPS) is 21.4. The van der Waals surface area contributed by atoms with Gasteiger partial charge in [0, 0.05) is 11.4 Å². The number of piperidine rings is 1. The minimum Gasteiger partial charge on any atom is -0.324 e. The van der Waals surface area contributed by atoms with E-state index in [1.54, 1.807) is 0 Å². The van der Waals surface area contributed by atoms with Crippen LogP contribution in [0.15, 0.2) is 0 Å². The maximum atomic E-state index is 12.7. The first-order valence-corrected chi connectivity index (χ1v) is 9.76. The zero-order valence-electron chi connectivity index (χ0n) is 14.9. The quantitative estimate of drug-likeness (QED) is 0.928. The Labute approximate surface area is 145 Å². The molecule has 4 nitrogen and oxygen atoms in total. The molecule has 1 fully saturated rings. The van der Waals surface area contributed by atoms with Crippen molar-refractivity contribution in [2.45, 2.75) is 64.7 Å². The maximum Gasteiger partial charge on any atom is 0.238 e. The molecule has 24 heavy (non-hydrogen) atoms. The van der Waals surface area contributed by atoms with E-state index in [1.165, 1.54) is 54.6 Å². The molecule has 4 rings (SSSR count). The molecule has 1 amide bonds. The Morgan fingerprint density at radius 3 is 2.42 bits per heavy atom. The average molecular weight is 327 g/mol. The van der Waals surface area contributed by atoms with Gasteiger partial charge in [-0.3, -0.25) is 14.7 Å². The SMILES string of the molecule is CC1CCN(CC(=O)Nc2c3c(nc4c2CCC4)CCCC3)CC1. The van der Waals surface area contributed by atoms with Crippen molar-refractivity contribution in [3.63, 3.8) is 0 Å². The van der Waals surface area contributed by atoms with Gasteiger partial charge in [0.25, 0.3) is 0 Å². The summed E-state index contributed by atoms with van der Waals surface area (Å²) < 4.78 is 0. The fourth-order valence-corrected chi connectivity index (χ4v) is 4.50. The zero-order chi connectivity index (χ0) is 16.5. The number of amides is 1. The fourth-order valence-electron chi connectivity index (χ4n) is 4.50. The summed E-state index contributed by atoms with van der Waals surface area (Å²) in [7, 11) is 0. The van der Waals surface area contributed by atoms with Crippen LogP contribution < -0.4 is 5.32 Å². The molecule has 1 N–H and O–H groups in total. The van der Waals surface area contributed by atoms with Crippen LogP contribution in [0.5, 0.6) is 0 Å². The summed E-state index contributed by atoms with van der Waals surface area (Å²) in [5.41, 5.74) is 6.31. The fraction of sp³-hybridized carbons (Fsp3) is 0.700. The summed E-state index contributed by atoms with van der Waals surface area (Å²) >= 11 is 0. The minimum atomic E-state index is 0.164. The lowest BCUT2D eigenvalue weighted by Crippen LogP contribution is -2.39. The van der Waals surface area contributed by atoms with Crippen LogP contribution in [0.1, 0.15) is 61.5 Å². The van der Waals surface area contributed by atoms with Gasteiger partial charge in [-0.2, -0.15) is 0 Å². The smallest absolute Gasteiger partial charge is 0.238 e. The molecule has 0 unspecified atom stereocenters.